The van der Waals surface area contributed by atoms with Gasteiger partial charge in [0, 0.05) is 23.6 Å². The number of aliphatic carboxylic acids is 1. The first-order chi connectivity index (χ1) is 12.8. The number of aromatic nitrogens is 2. The number of fused-ring (bicyclic) bond motifs is 1. The van der Waals surface area contributed by atoms with Crippen LogP contribution < -0.4 is 16.0 Å². The number of carbonyl (C=O) groups is 2. The molecular formula is C19H19N4O4-. The molecule has 0 bridgehead atoms. The van der Waals surface area contributed by atoms with Gasteiger partial charge in [-0.3, -0.25) is 15.6 Å². The Kier molecular flexibility index (Phi) is 5.18. The molecule has 1 aromatic carbocycles. The molecule has 2 aromatic rings. The van der Waals surface area contributed by atoms with Crippen LogP contribution >= 0.6 is 0 Å². The zero-order valence-electron chi connectivity index (χ0n) is 15.0. The fraction of sp³-hybridized carbons (Fsp3) is 0.263. The molecule has 0 fully saturated rings. The van der Waals surface area contributed by atoms with Crippen molar-refractivity contribution in [2.75, 3.05) is 5.43 Å². The molecule has 2 heterocycles. The van der Waals surface area contributed by atoms with Gasteiger partial charge in [-0.2, -0.15) is 0 Å². The van der Waals surface area contributed by atoms with E-state index in [2.05, 4.69) is 20.8 Å². The van der Waals surface area contributed by atoms with Crippen molar-refractivity contribution in [3.63, 3.8) is 0 Å². The molecule has 0 saturated carbocycles. The van der Waals surface area contributed by atoms with Gasteiger partial charge in [0.15, 0.2) is 11.6 Å². The topological polar surface area (TPSA) is 116 Å². The number of hydrogen-bond acceptors (Lipinski definition) is 7. The standard InChI is InChI=1S/C19H20N4O4/c1-19(2)10-14-13(11-27-19)18(23-22-15(24)8-9-16(25)26)21-17(20-14)12-6-4-3-5-7-12/h3-9H,10-11H2,1-2H3,(H,22,24)(H,25,26)(H,20,21,23)/p-1. The molecule has 8 heteroatoms. The van der Waals surface area contributed by atoms with Crippen LogP contribution in [0.1, 0.15) is 25.1 Å². The lowest BCUT2D eigenvalue weighted by Gasteiger charge is -2.32. The highest BCUT2D eigenvalue weighted by Gasteiger charge is 2.30. The smallest absolute Gasteiger partial charge is 0.262 e. The monoisotopic (exact) mass is 367 g/mol. The Labute approximate surface area is 156 Å². The van der Waals surface area contributed by atoms with Gasteiger partial charge in [0.05, 0.1) is 23.9 Å². The van der Waals surface area contributed by atoms with E-state index in [4.69, 9.17) is 4.74 Å². The Bertz CT molecular complexity index is 894. The maximum Gasteiger partial charge on any atom is 0.262 e. The van der Waals surface area contributed by atoms with E-state index in [1.165, 1.54) is 0 Å². The van der Waals surface area contributed by atoms with E-state index in [-0.39, 0.29) is 5.60 Å². The molecule has 1 amide bonds. The summed E-state index contributed by atoms with van der Waals surface area (Å²) in [6.07, 6.45) is 2.10. The number of ether oxygens (including phenoxy) is 1. The van der Waals surface area contributed by atoms with Crippen molar-refractivity contribution in [1.82, 2.24) is 15.4 Å². The maximum absolute atomic E-state index is 11.7. The van der Waals surface area contributed by atoms with Gasteiger partial charge >= 0.3 is 0 Å². The second kappa shape index (κ2) is 7.55. The third-order valence-electron chi connectivity index (χ3n) is 4.00. The summed E-state index contributed by atoms with van der Waals surface area (Å²) in [6, 6.07) is 9.49. The maximum atomic E-state index is 11.7. The molecule has 8 nitrogen and oxygen atoms in total. The van der Waals surface area contributed by atoms with Gasteiger partial charge in [0.2, 0.25) is 0 Å². The highest BCUT2D eigenvalue weighted by atomic mass is 16.5. The summed E-state index contributed by atoms with van der Waals surface area (Å²) in [6.45, 7) is 4.27. The van der Waals surface area contributed by atoms with Crippen molar-refractivity contribution in [2.24, 2.45) is 0 Å². The van der Waals surface area contributed by atoms with Gasteiger partial charge in [-0.1, -0.05) is 30.3 Å². The average Bonchev–Trinajstić information content (AvgIpc) is 2.63. The zero-order chi connectivity index (χ0) is 19.4. The summed E-state index contributed by atoms with van der Waals surface area (Å²) in [5, 5.41) is 10.4. The normalized spacial score (nSPS) is 15.2. The molecule has 0 saturated heterocycles. The molecular weight excluding hydrogens is 348 g/mol. The lowest BCUT2D eigenvalue weighted by molar-refractivity contribution is -0.297. The quantitative estimate of drug-likeness (QED) is 0.591. The molecule has 1 aromatic heterocycles. The number of amides is 1. The zero-order valence-corrected chi connectivity index (χ0v) is 15.0. The first-order valence-corrected chi connectivity index (χ1v) is 8.38. The van der Waals surface area contributed by atoms with Crippen molar-refractivity contribution >= 4 is 17.7 Å². The van der Waals surface area contributed by atoms with E-state index in [0.29, 0.717) is 30.7 Å². The predicted molar refractivity (Wildman–Crippen MR) is 96.0 cm³/mol. The number of nitrogens with one attached hydrogen (secondary N) is 2. The van der Waals surface area contributed by atoms with Gasteiger partial charge in [-0.05, 0) is 19.9 Å². The van der Waals surface area contributed by atoms with Gasteiger partial charge < -0.3 is 14.6 Å². The van der Waals surface area contributed by atoms with Gasteiger partial charge in [0.1, 0.15) is 0 Å². The Hall–Kier alpha value is -3.26. The van der Waals surface area contributed by atoms with E-state index in [9.17, 15) is 14.7 Å². The van der Waals surface area contributed by atoms with Crippen LogP contribution in [0.25, 0.3) is 11.4 Å². The van der Waals surface area contributed by atoms with E-state index in [0.717, 1.165) is 22.9 Å². The van der Waals surface area contributed by atoms with Gasteiger partial charge in [0.25, 0.3) is 5.91 Å². The van der Waals surface area contributed by atoms with Crippen molar-refractivity contribution in [2.45, 2.75) is 32.5 Å². The van der Waals surface area contributed by atoms with Crippen LogP contribution in [0.5, 0.6) is 0 Å². The Morgan fingerprint density at radius 2 is 1.93 bits per heavy atom. The molecule has 0 unspecified atom stereocenters. The molecule has 27 heavy (non-hydrogen) atoms. The number of benzene rings is 1. The van der Waals surface area contributed by atoms with E-state index in [1.807, 2.05) is 44.2 Å². The van der Waals surface area contributed by atoms with Crippen LogP contribution in [0.4, 0.5) is 5.82 Å². The second-order valence-corrected chi connectivity index (χ2v) is 6.68. The number of hydrazine groups is 1. The summed E-state index contributed by atoms with van der Waals surface area (Å²) in [5.74, 6) is -1.17. The molecule has 1 aliphatic heterocycles. The van der Waals surface area contributed by atoms with Crippen molar-refractivity contribution in [1.29, 1.82) is 0 Å². The minimum atomic E-state index is -1.45. The van der Waals surface area contributed by atoms with Crippen LogP contribution in [0, 0.1) is 0 Å². The molecule has 0 atom stereocenters. The lowest BCUT2D eigenvalue weighted by Crippen LogP contribution is -2.35. The highest BCUT2D eigenvalue weighted by Crippen LogP contribution is 2.31. The average molecular weight is 367 g/mol. The van der Waals surface area contributed by atoms with E-state index in [1.54, 1.807) is 0 Å². The molecule has 3 rings (SSSR count). The second-order valence-electron chi connectivity index (χ2n) is 6.68. The number of carboxylic acids is 1. The first-order valence-electron chi connectivity index (χ1n) is 8.38. The van der Waals surface area contributed by atoms with Gasteiger partial charge in [-0.25, -0.2) is 9.97 Å². The summed E-state index contributed by atoms with van der Waals surface area (Å²) in [7, 11) is 0. The summed E-state index contributed by atoms with van der Waals surface area (Å²) in [5.41, 5.74) is 7.20. The number of anilines is 1. The van der Waals surface area contributed by atoms with Crippen molar-refractivity contribution in [3.05, 3.63) is 53.7 Å². The van der Waals surface area contributed by atoms with Crippen LogP contribution in [-0.2, 0) is 27.4 Å². The molecule has 0 radical (unpaired) electrons. The van der Waals surface area contributed by atoms with E-state index >= 15 is 0 Å². The molecule has 1 aliphatic rings. The highest BCUT2D eigenvalue weighted by molar-refractivity contribution is 5.93. The summed E-state index contributed by atoms with van der Waals surface area (Å²) < 4.78 is 5.83. The summed E-state index contributed by atoms with van der Waals surface area (Å²) in [4.78, 5) is 31.3. The van der Waals surface area contributed by atoms with E-state index < -0.39 is 11.9 Å². The van der Waals surface area contributed by atoms with Crippen molar-refractivity contribution < 1.29 is 19.4 Å². The Balaban J connectivity index is 1.92. The van der Waals surface area contributed by atoms with Crippen molar-refractivity contribution in [3.8, 4) is 11.4 Å². The SMILES string of the molecule is CC1(C)Cc2nc(-c3ccccc3)nc(NNC(=O)C=CC(=O)[O-])c2CO1. The minimum absolute atomic E-state index is 0.296. The summed E-state index contributed by atoms with van der Waals surface area (Å²) >= 11 is 0. The third kappa shape index (κ3) is 4.68. The molecule has 0 spiro atoms. The molecule has 2 N–H and O–H groups in total. The fourth-order valence-corrected chi connectivity index (χ4v) is 2.68. The lowest BCUT2D eigenvalue weighted by atomic mass is 9.96. The van der Waals surface area contributed by atoms with Crippen LogP contribution in [0.15, 0.2) is 42.5 Å². The third-order valence-corrected chi connectivity index (χ3v) is 4.00. The largest absolute Gasteiger partial charge is 0.545 e. The van der Waals surface area contributed by atoms with Crippen LogP contribution in [0.2, 0.25) is 0 Å². The molecule has 0 aliphatic carbocycles. The van der Waals surface area contributed by atoms with Crippen LogP contribution in [-0.4, -0.2) is 27.4 Å². The number of hydrogen-bond donors (Lipinski definition) is 2. The molecule has 140 valence electrons. The van der Waals surface area contributed by atoms with Crippen LogP contribution in [0.3, 0.4) is 0 Å². The Morgan fingerprint density at radius 3 is 2.63 bits per heavy atom. The first kappa shape index (κ1) is 18.5. The van der Waals surface area contributed by atoms with Gasteiger partial charge in [-0.15, -0.1) is 0 Å². The minimum Gasteiger partial charge on any atom is -0.545 e. The Morgan fingerprint density at radius 1 is 1.19 bits per heavy atom. The number of carboxylic acid groups (broad SMARTS) is 1. The number of nitrogens with zero attached hydrogens (tertiary/aromatic N) is 2. The predicted octanol–water partition coefficient (Wildman–Crippen LogP) is 0.744. The fourth-order valence-electron chi connectivity index (χ4n) is 2.68. The number of carbonyl (C=O) groups excluding carboxylic acids is 2. The number of rotatable bonds is 5.